The van der Waals surface area contributed by atoms with Crippen LogP contribution in [0.4, 0.5) is 13.2 Å². The third kappa shape index (κ3) is 5.43. The van der Waals surface area contributed by atoms with Crippen molar-refractivity contribution in [3.8, 4) is 0 Å². The van der Waals surface area contributed by atoms with Crippen molar-refractivity contribution < 1.29 is 18.0 Å². The number of H-pyrrole nitrogens is 1. The fraction of sp³-hybridized carbons (Fsp3) is 0.500. The molecule has 1 saturated carbocycles. The molecule has 4 rings (SSSR count). The molecular weight excluding hydrogens is 481 g/mol. The zero-order valence-electron chi connectivity index (χ0n) is 19.8. The number of aromatic amines is 1. The van der Waals surface area contributed by atoms with E-state index in [9.17, 15) is 18.0 Å². The van der Waals surface area contributed by atoms with Crippen LogP contribution in [0.1, 0.15) is 42.1 Å². The van der Waals surface area contributed by atoms with Gasteiger partial charge in [-0.2, -0.15) is 18.3 Å². The molecule has 0 unspecified atom stereocenters. The van der Waals surface area contributed by atoms with Gasteiger partial charge < -0.3 is 10.2 Å². The molecule has 7 nitrogen and oxygen atoms in total. The number of benzene rings is 1. The van der Waals surface area contributed by atoms with Gasteiger partial charge in [0.25, 0.3) is 0 Å². The predicted molar refractivity (Wildman–Crippen MR) is 127 cm³/mol. The van der Waals surface area contributed by atoms with Crippen molar-refractivity contribution in [2.45, 2.75) is 50.7 Å². The number of hydrogen-bond acceptors (Lipinski definition) is 5. The normalized spacial score (nSPS) is 16.9. The lowest BCUT2D eigenvalue weighted by Crippen LogP contribution is -2.42. The summed E-state index contributed by atoms with van der Waals surface area (Å²) in [5.41, 5.74) is 0.164. The topological polar surface area (TPSA) is 86.8 Å². The maximum absolute atomic E-state index is 14.0. The molecule has 0 aliphatic heterocycles. The molecule has 11 heteroatoms. The number of hydrogen-bond donors (Lipinski definition) is 2. The number of amides is 1. The predicted octanol–water partition coefficient (Wildman–Crippen LogP) is 4.42. The molecule has 2 N–H and O–H groups in total. The van der Waals surface area contributed by atoms with Crippen LogP contribution in [0.5, 0.6) is 0 Å². The Kier molecular flexibility index (Phi) is 7.06. The van der Waals surface area contributed by atoms with Gasteiger partial charge in [-0.1, -0.05) is 11.6 Å². The maximum atomic E-state index is 14.0. The summed E-state index contributed by atoms with van der Waals surface area (Å²) in [6, 6.07) is 3.65. The summed E-state index contributed by atoms with van der Waals surface area (Å²) in [6.07, 6.45) is 0.381. The van der Waals surface area contributed by atoms with Crippen molar-refractivity contribution in [3.63, 3.8) is 0 Å². The second kappa shape index (κ2) is 9.73. The quantitative estimate of drug-likeness (QED) is 0.447. The second-order valence-electron chi connectivity index (χ2n) is 9.50. The number of likely N-dealkylation sites (N-methyl/N-ethyl adjacent to an activating group) is 1. The van der Waals surface area contributed by atoms with E-state index in [1.807, 2.05) is 31.1 Å². The van der Waals surface area contributed by atoms with E-state index in [2.05, 4.69) is 25.5 Å². The molecule has 2 heterocycles. The third-order valence-corrected chi connectivity index (χ3v) is 7.29. The van der Waals surface area contributed by atoms with Crippen LogP contribution in [0.25, 0.3) is 10.9 Å². The fourth-order valence-corrected chi connectivity index (χ4v) is 4.77. The number of aromatic nitrogens is 4. The second-order valence-corrected chi connectivity index (χ2v) is 9.91. The molecule has 35 heavy (non-hydrogen) atoms. The first-order chi connectivity index (χ1) is 16.5. The van der Waals surface area contributed by atoms with E-state index < -0.39 is 23.4 Å². The Balaban J connectivity index is 1.46. The van der Waals surface area contributed by atoms with Crippen LogP contribution < -0.4 is 5.32 Å². The molecule has 1 aliphatic rings. The number of carbonyl (C=O) groups is 1. The van der Waals surface area contributed by atoms with Crippen LogP contribution in [0.15, 0.2) is 30.7 Å². The Morgan fingerprint density at radius 1 is 1.23 bits per heavy atom. The number of nitrogens with one attached hydrogen (secondary N) is 2. The summed E-state index contributed by atoms with van der Waals surface area (Å²) >= 11 is 6.45. The van der Waals surface area contributed by atoms with Crippen molar-refractivity contribution in [2.75, 3.05) is 20.6 Å². The number of nitrogens with zero attached hydrogens (tertiary/aromatic N) is 4. The number of halogens is 4. The first-order valence-electron chi connectivity index (χ1n) is 11.4. The van der Waals surface area contributed by atoms with E-state index in [0.29, 0.717) is 22.8 Å². The van der Waals surface area contributed by atoms with E-state index in [1.54, 1.807) is 13.1 Å². The van der Waals surface area contributed by atoms with Gasteiger partial charge in [-0.3, -0.25) is 9.89 Å². The van der Waals surface area contributed by atoms with Gasteiger partial charge in [0.1, 0.15) is 5.82 Å². The van der Waals surface area contributed by atoms with Crippen LogP contribution in [0.2, 0.25) is 5.02 Å². The molecule has 0 spiro atoms. The minimum atomic E-state index is -4.41. The Bertz CT molecular complexity index is 1190. The molecule has 0 radical (unpaired) electrons. The highest BCUT2D eigenvalue weighted by molar-refractivity contribution is 6.32. The molecule has 0 saturated heterocycles. The lowest BCUT2D eigenvalue weighted by molar-refractivity contribution is -0.194. The molecule has 3 aromatic rings. The van der Waals surface area contributed by atoms with Gasteiger partial charge in [0, 0.05) is 47.7 Å². The van der Waals surface area contributed by atoms with Gasteiger partial charge in [0.15, 0.2) is 0 Å². The Morgan fingerprint density at radius 3 is 2.51 bits per heavy atom. The standard InChI is InChI=1S/C24H28ClF3N6O/c1-14-29-10-17(11-30-14)19(23(4-5-23)24(26,27)28)8-22(35)31-13-18(34(2)3)7-15-6-16-12-32-33-21(16)9-20(15)25/h6,9-12,18-19H,4-5,7-8,13H2,1-3H3,(H,31,35)(H,32,33)/t18-,19-/m0/s1. The molecule has 1 amide bonds. The number of carbonyl (C=O) groups excluding carboxylic acids is 1. The summed E-state index contributed by atoms with van der Waals surface area (Å²) in [5.74, 6) is -0.997. The van der Waals surface area contributed by atoms with Crippen molar-refractivity contribution in [2.24, 2.45) is 5.41 Å². The van der Waals surface area contributed by atoms with Crippen molar-refractivity contribution in [1.82, 2.24) is 30.4 Å². The summed E-state index contributed by atoms with van der Waals surface area (Å²) < 4.78 is 41.9. The minimum Gasteiger partial charge on any atom is -0.355 e. The Labute approximate surface area is 206 Å². The van der Waals surface area contributed by atoms with Gasteiger partial charge in [0.05, 0.1) is 17.1 Å². The van der Waals surface area contributed by atoms with E-state index in [4.69, 9.17) is 11.6 Å². The van der Waals surface area contributed by atoms with Crippen LogP contribution in [-0.4, -0.2) is 63.8 Å². The molecule has 1 aromatic carbocycles. The summed E-state index contributed by atoms with van der Waals surface area (Å²) in [4.78, 5) is 23.0. The van der Waals surface area contributed by atoms with Crippen LogP contribution >= 0.6 is 11.6 Å². The monoisotopic (exact) mass is 508 g/mol. The molecule has 188 valence electrons. The molecule has 1 fully saturated rings. The van der Waals surface area contributed by atoms with Gasteiger partial charge in [-0.05, 0) is 63.5 Å². The number of rotatable bonds is 9. The number of aryl methyl sites for hydroxylation is 1. The van der Waals surface area contributed by atoms with E-state index in [0.717, 1.165) is 16.5 Å². The first kappa shape index (κ1) is 25.4. The highest BCUT2D eigenvalue weighted by atomic mass is 35.5. The summed E-state index contributed by atoms with van der Waals surface area (Å²) in [7, 11) is 3.77. The molecule has 2 atom stereocenters. The maximum Gasteiger partial charge on any atom is 0.395 e. The largest absolute Gasteiger partial charge is 0.395 e. The number of alkyl halides is 3. The summed E-state index contributed by atoms with van der Waals surface area (Å²) in [5, 5.41) is 11.3. The fourth-order valence-electron chi connectivity index (χ4n) is 4.53. The Morgan fingerprint density at radius 2 is 1.91 bits per heavy atom. The Hall–Kier alpha value is -2.72. The first-order valence-corrected chi connectivity index (χ1v) is 11.8. The van der Waals surface area contributed by atoms with E-state index >= 15 is 0 Å². The van der Waals surface area contributed by atoms with Gasteiger partial charge >= 0.3 is 6.18 Å². The molecular formula is C24H28ClF3N6O. The molecule has 1 aliphatic carbocycles. The van der Waals surface area contributed by atoms with Crippen molar-refractivity contribution in [1.29, 1.82) is 0 Å². The van der Waals surface area contributed by atoms with E-state index in [1.165, 1.54) is 12.4 Å². The summed E-state index contributed by atoms with van der Waals surface area (Å²) in [6.45, 7) is 1.93. The molecule has 2 aromatic heterocycles. The highest BCUT2D eigenvalue weighted by Crippen LogP contribution is 2.66. The molecule has 0 bridgehead atoms. The minimum absolute atomic E-state index is 0.00235. The third-order valence-electron chi connectivity index (χ3n) is 6.94. The lowest BCUT2D eigenvalue weighted by atomic mass is 9.81. The van der Waals surface area contributed by atoms with Crippen molar-refractivity contribution >= 4 is 28.4 Å². The van der Waals surface area contributed by atoms with Gasteiger partial charge in [-0.15, -0.1) is 0 Å². The zero-order valence-corrected chi connectivity index (χ0v) is 20.5. The van der Waals surface area contributed by atoms with Crippen LogP contribution in [0, 0.1) is 12.3 Å². The smallest absolute Gasteiger partial charge is 0.355 e. The van der Waals surface area contributed by atoms with Crippen LogP contribution in [0.3, 0.4) is 0 Å². The van der Waals surface area contributed by atoms with Crippen LogP contribution in [-0.2, 0) is 11.2 Å². The zero-order chi connectivity index (χ0) is 25.4. The lowest BCUT2D eigenvalue weighted by Gasteiger charge is -2.29. The average molecular weight is 509 g/mol. The SMILES string of the molecule is Cc1ncc([C@H](CC(=O)NC[C@H](Cc2cc3cn[nH]c3cc2Cl)N(C)C)C2(C(F)(F)F)CC2)cn1. The van der Waals surface area contributed by atoms with Crippen molar-refractivity contribution in [3.05, 3.63) is 52.7 Å². The van der Waals surface area contributed by atoms with Gasteiger partial charge in [0.2, 0.25) is 5.91 Å². The van der Waals surface area contributed by atoms with Gasteiger partial charge in [-0.25, -0.2) is 9.97 Å². The van der Waals surface area contributed by atoms with E-state index in [-0.39, 0.29) is 31.8 Å². The highest BCUT2D eigenvalue weighted by Gasteiger charge is 2.67. The average Bonchev–Trinajstić information content (AvgIpc) is 3.49. The number of fused-ring (bicyclic) bond motifs is 1.